The SMILES string of the molecule is N#C/C(=C\c1cccc(NC(=O)c2ccc(Cl)cc2)c1)C(=O)Nc1nccs1. The highest BCUT2D eigenvalue weighted by Crippen LogP contribution is 2.17. The van der Waals surface area contributed by atoms with Gasteiger partial charge in [-0.25, -0.2) is 4.98 Å². The fourth-order valence-electron chi connectivity index (χ4n) is 2.28. The lowest BCUT2D eigenvalue weighted by Crippen LogP contribution is -2.13. The first kappa shape index (κ1) is 19.3. The summed E-state index contributed by atoms with van der Waals surface area (Å²) in [6.07, 6.45) is 3.00. The molecule has 3 aromatic rings. The van der Waals surface area contributed by atoms with Gasteiger partial charge in [-0.2, -0.15) is 5.26 Å². The van der Waals surface area contributed by atoms with Crippen molar-refractivity contribution < 1.29 is 9.59 Å². The summed E-state index contributed by atoms with van der Waals surface area (Å²) in [5.41, 5.74) is 1.52. The Hall–Kier alpha value is -3.47. The second kappa shape index (κ2) is 8.95. The largest absolute Gasteiger partial charge is 0.322 e. The lowest BCUT2D eigenvalue weighted by atomic mass is 10.1. The minimum absolute atomic E-state index is 0.0728. The van der Waals surface area contributed by atoms with Crippen molar-refractivity contribution in [3.8, 4) is 6.07 Å². The van der Waals surface area contributed by atoms with E-state index >= 15 is 0 Å². The van der Waals surface area contributed by atoms with Crippen molar-refractivity contribution in [3.63, 3.8) is 0 Å². The van der Waals surface area contributed by atoms with Crippen molar-refractivity contribution in [2.75, 3.05) is 10.6 Å². The second-order valence-corrected chi connectivity index (χ2v) is 6.88. The number of halogens is 1. The number of hydrogen-bond donors (Lipinski definition) is 2. The lowest BCUT2D eigenvalue weighted by Gasteiger charge is -2.07. The molecule has 2 aromatic carbocycles. The molecule has 1 aromatic heterocycles. The molecule has 0 aliphatic rings. The fourth-order valence-corrected chi connectivity index (χ4v) is 2.93. The van der Waals surface area contributed by atoms with Gasteiger partial charge in [0.2, 0.25) is 0 Å². The average Bonchev–Trinajstić information content (AvgIpc) is 3.19. The topological polar surface area (TPSA) is 94.9 Å². The van der Waals surface area contributed by atoms with Crippen molar-refractivity contribution in [1.29, 1.82) is 5.26 Å². The number of anilines is 2. The van der Waals surface area contributed by atoms with E-state index in [-0.39, 0.29) is 11.5 Å². The zero-order valence-electron chi connectivity index (χ0n) is 14.3. The number of aromatic nitrogens is 1. The molecule has 0 spiro atoms. The summed E-state index contributed by atoms with van der Waals surface area (Å²) in [5, 5.41) is 17.3. The quantitative estimate of drug-likeness (QED) is 0.476. The fraction of sp³-hybridized carbons (Fsp3) is 0. The zero-order chi connectivity index (χ0) is 19.9. The average molecular weight is 409 g/mol. The number of rotatable bonds is 5. The minimum atomic E-state index is -0.548. The summed E-state index contributed by atoms with van der Waals surface area (Å²) < 4.78 is 0. The van der Waals surface area contributed by atoms with Crippen LogP contribution in [-0.2, 0) is 4.79 Å². The maximum atomic E-state index is 12.3. The van der Waals surface area contributed by atoms with Gasteiger partial charge in [0.1, 0.15) is 11.6 Å². The minimum Gasteiger partial charge on any atom is -0.322 e. The summed E-state index contributed by atoms with van der Waals surface area (Å²) in [4.78, 5) is 28.5. The summed E-state index contributed by atoms with van der Waals surface area (Å²) in [6, 6.07) is 15.2. The molecule has 8 heteroatoms. The highest BCUT2D eigenvalue weighted by Gasteiger charge is 2.11. The predicted octanol–water partition coefficient (Wildman–Crippen LogP) is 4.59. The smallest absolute Gasteiger partial charge is 0.268 e. The molecule has 28 heavy (non-hydrogen) atoms. The number of thiazole rings is 1. The van der Waals surface area contributed by atoms with E-state index in [1.54, 1.807) is 60.1 Å². The predicted molar refractivity (Wildman–Crippen MR) is 110 cm³/mol. The zero-order valence-corrected chi connectivity index (χ0v) is 15.9. The molecule has 0 saturated carbocycles. The van der Waals surface area contributed by atoms with Crippen LogP contribution in [0, 0.1) is 11.3 Å². The Balaban J connectivity index is 1.75. The highest BCUT2D eigenvalue weighted by atomic mass is 35.5. The van der Waals surface area contributed by atoms with Gasteiger partial charge in [-0.05, 0) is 48.0 Å². The molecule has 0 aliphatic heterocycles. The standard InChI is InChI=1S/C20H13ClN4O2S/c21-16-6-4-14(5-7-16)18(26)24-17-3-1-2-13(11-17)10-15(12-22)19(27)25-20-23-8-9-28-20/h1-11H,(H,24,26)(H,23,25,27)/b15-10+. The van der Waals surface area contributed by atoms with Gasteiger partial charge in [0.05, 0.1) is 0 Å². The van der Waals surface area contributed by atoms with Crippen molar-refractivity contribution in [2.45, 2.75) is 0 Å². The molecule has 3 rings (SSSR count). The summed E-state index contributed by atoms with van der Waals surface area (Å²) in [6.45, 7) is 0. The van der Waals surface area contributed by atoms with Crippen molar-refractivity contribution in [2.24, 2.45) is 0 Å². The Morgan fingerprint density at radius 3 is 2.61 bits per heavy atom. The van der Waals surface area contributed by atoms with Crippen LogP contribution in [0.5, 0.6) is 0 Å². The van der Waals surface area contributed by atoms with E-state index in [1.165, 1.54) is 17.4 Å². The number of nitrogens with one attached hydrogen (secondary N) is 2. The molecular weight excluding hydrogens is 396 g/mol. The molecule has 0 fully saturated rings. The number of benzene rings is 2. The van der Waals surface area contributed by atoms with Crippen LogP contribution in [0.15, 0.2) is 65.7 Å². The van der Waals surface area contributed by atoms with Crippen LogP contribution in [0.2, 0.25) is 5.02 Å². The van der Waals surface area contributed by atoms with E-state index in [0.29, 0.717) is 27.0 Å². The van der Waals surface area contributed by atoms with Crippen molar-refractivity contribution in [3.05, 3.63) is 81.8 Å². The van der Waals surface area contributed by atoms with Crippen LogP contribution < -0.4 is 10.6 Å². The third-order valence-electron chi connectivity index (χ3n) is 3.58. The molecule has 6 nitrogen and oxygen atoms in total. The van der Waals surface area contributed by atoms with Gasteiger partial charge in [0.25, 0.3) is 11.8 Å². The first-order chi connectivity index (χ1) is 13.5. The molecule has 2 N–H and O–H groups in total. The van der Waals surface area contributed by atoms with Gasteiger partial charge >= 0.3 is 0 Å². The number of amides is 2. The van der Waals surface area contributed by atoms with E-state index in [1.807, 2.05) is 6.07 Å². The van der Waals surface area contributed by atoms with Gasteiger partial charge in [-0.1, -0.05) is 23.7 Å². The Bertz CT molecular complexity index is 1070. The summed E-state index contributed by atoms with van der Waals surface area (Å²) >= 11 is 7.09. The second-order valence-electron chi connectivity index (χ2n) is 5.55. The first-order valence-corrected chi connectivity index (χ1v) is 9.30. The number of hydrogen-bond acceptors (Lipinski definition) is 5. The molecule has 0 aliphatic carbocycles. The van der Waals surface area contributed by atoms with Crippen molar-refractivity contribution >= 4 is 51.6 Å². The molecular formula is C20H13ClN4O2S. The molecule has 0 bridgehead atoms. The van der Waals surface area contributed by atoms with E-state index in [4.69, 9.17) is 11.6 Å². The number of carbonyl (C=O) groups is 2. The van der Waals surface area contributed by atoms with Gasteiger partial charge in [0, 0.05) is 27.9 Å². The van der Waals surface area contributed by atoms with E-state index < -0.39 is 5.91 Å². The molecule has 0 unspecified atom stereocenters. The molecule has 0 atom stereocenters. The third-order valence-corrected chi connectivity index (χ3v) is 4.52. The maximum absolute atomic E-state index is 12.3. The Kier molecular flexibility index (Phi) is 6.17. The van der Waals surface area contributed by atoms with Gasteiger partial charge in [-0.15, -0.1) is 11.3 Å². The summed E-state index contributed by atoms with van der Waals surface area (Å²) in [7, 11) is 0. The number of nitriles is 1. The molecule has 138 valence electrons. The van der Waals surface area contributed by atoms with Crippen LogP contribution in [0.4, 0.5) is 10.8 Å². The van der Waals surface area contributed by atoms with Crippen LogP contribution in [0.1, 0.15) is 15.9 Å². The number of carbonyl (C=O) groups excluding carboxylic acids is 2. The van der Waals surface area contributed by atoms with Crippen LogP contribution >= 0.6 is 22.9 Å². The van der Waals surface area contributed by atoms with E-state index in [2.05, 4.69) is 15.6 Å². The lowest BCUT2D eigenvalue weighted by molar-refractivity contribution is -0.112. The highest BCUT2D eigenvalue weighted by molar-refractivity contribution is 7.13. The van der Waals surface area contributed by atoms with Gasteiger partial charge < -0.3 is 5.32 Å². The van der Waals surface area contributed by atoms with Crippen LogP contribution in [0.25, 0.3) is 6.08 Å². The third kappa shape index (κ3) is 5.04. The van der Waals surface area contributed by atoms with Crippen LogP contribution in [-0.4, -0.2) is 16.8 Å². The Morgan fingerprint density at radius 1 is 1.14 bits per heavy atom. The number of nitrogens with zero attached hydrogens (tertiary/aromatic N) is 2. The normalized spacial score (nSPS) is 10.8. The molecule has 1 heterocycles. The van der Waals surface area contributed by atoms with E-state index in [0.717, 1.165) is 0 Å². The van der Waals surface area contributed by atoms with Gasteiger partial charge in [0.15, 0.2) is 5.13 Å². The van der Waals surface area contributed by atoms with Crippen molar-refractivity contribution in [1.82, 2.24) is 4.98 Å². The monoisotopic (exact) mass is 408 g/mol. The maximum Gasteiger partial charge on any atom is 0.268 e. The Morgan fingerprint density at radius 2 is 1.93 bits per heavy atom. The van der Waals surface area contributed by atoms with E-state index in [9.17, 15) is 14.9 Å². The first-order valence-electron chi connectivity index (χ1n) is 8.05. The Labute approximate surface area is 170 Å². The molecule has 0 saturated heterocycles. The molecule has 0 radical (unpaired) electrons. The van der Waals surface area contributed by atoms with Gasteiger partial charge in [-0.3, -0.25) is 14.9 Å². The summed E-state index contributed by atoms with van der Waals surface area (Å²) in [5.74, 6) is -0.840. The van der Waals surface area contributed by atoms with Crippen LogP contribution in [0.3, 0.4) is 0 Å². The molecule has 2 amide bonds.